The lowest BCUT2D eigenvalue weighted by molar-refractivity contribution is 0.306. The molecular weight excluding hydrogens is 434 g/mol. The number of nitrogen functional groups attached to an aromatic ring is 1. The van der Waals surface area contributed by atoms with Crippen molar-refractivity contribution in [2.24, 2.45) is 0 Å². The van der Waals surface area contributed by atoms with E-state index in [9.17, 15) is 10.5 Å². The molecule has 0 unspecified atom stereocenters. The minimum atomic E-state index is 0.217. The van der Waals surface area contributed by atoms with Crippen LogP contribution in [0.4, 0.5) is 5.82 Å². The highest BCUT2D eigenvalue weighted by atomic mass is 35.5. The van der Waals surface area contributed by atoms with Crippen LogP contribution in [0.25, 0.3) is 27.8 Å². The molecule has 6 nitrogen and oxygen atoms in total. The van der Waals surface area contributed by atoms with Gasteiger partial charge in [0.15, 0.2) is 5.65 Å². The van der Waals surface area contributed by atoms with Crippen LogP contribution in [-0.4, -0.2) is 9.38 Å². The number of hydrogen-bond donors (Lipinski definition) is 1. The summed E-state index contributed by atoms with van der Waals surface area (Å²) in [5, 5.41) is 20.7. The number of imidazole rings is 1. The van der Waals surface area contributed by atoms with Crippen molar-refractivity contribution in [3.8, 4) is 29.0 Å². The number of nitrogens with zero attached hydrogens (tertiary/aromatic N) is 4. The van der Waals surface area contributed by atoms with Gasteiger partial charge in [0.2, 0.25) is 0 Å². The van der Waals surface area contributed by atoms with E-state index in [-0.39, 0.29) is 16.9 Å². The molecule has 0 fully saturated rings. The Morgan fingerprint density at radius 1 is 0.939 bits per heavy atom. The molecule has 158 valence electrons. The van der Waals surface area contributed by atoms with Crippen molar-refractivity contribution < 1.29 is 4.74 Å². The highest BCUT2D eigenvalue weighted by Crippen LogP contribution is 2.37. The first-order valence-corrected chi connectivity index (χ1v) is 10.5. The Labute approximate surface area is 194 Å². The van der Waals surface area contributed by atoms with E-state index in [1.54, 1.807) is 16.5 Å². The van der Waals surface area contributed by atoms with Gasteiger partial charge >= 0.3 is 0 Å². The summed E-state index contributed by atoms with van der Waals surface area (Å²) >= 11 is 6.05. The molecular formula is C26H16ClN5O. The maximum absolute atomic E-state index is 10.1. The Kier molecular flexibility index (Phi) is 5.06. The summed E-state index contributed by atoms with van der Waals surface area (Å²) in [5.41, 5.74) is 10.8. The standard InChI is InChI=1S/C26H16ClN5O/c27-18-7-3-5-16(11-18)15-33-19-8-4-6-17(12-19)24-20(13-28)25(30)32-23-10-2-1-9-22(23)31-26(32)21(24)14-29/h1-12H,15,30H2. The van der Waals surface area contributed by atoms with Crippen LogP contribution in [0.2, 0.25) is 5.02 Å². The first-order chi connectivity index (χ1) is 16.1. The maximum Gasteiger partial charge on any atom is 0.158 e. The topological polar surface area (TPSA) is 100 Å². The molecule has 5 aromatic rings. The highest BCUT2D eigenvalue weighted by Gasteiger charge is 2.23. The second-order valence-electron chi connectivity index (χ2n) is 7.44. The number of rotatable bonds is 4. The maximum atomic E-state index is 10.1. The Hall–Kier alpha value is -4.52. The van der Waals surface area contributed by atoms with Gasteiger partial charge in [-0.05, 0) is 47.5 Å². The van der Waals surface area contributed by atoms with E-state index in [0.29, 0.717) is 39.7 Å². The summed E-state index contributed by atoms with van der Waals surface area (Å²) in [6.07, 6.45) is 0. The molecule has 2 aromatic heterocycles. The van der Waals surface area contributed by atoms with Gasteiger partial charge in [-0.25, -0.2) is 4.98 Å². The van der Waals surface area contributed by atoms with Crippen LogP contribution in [-0.2, 0) is 6.61 Å². The zero-order valence-corrected chi connectivity index (χ0v) is 18.0. The fourth-order valence-corrected chi connectivity index (χ4v) is 4.17. The molecule has 0 radical (unpaired) electrons. The number of nitriles is 2. The summed E-state index contributed by atoms with van der Waals surface area (Å²) in [4.78, 5) is 4.62. The quantitative estimate of drug-likeness (QED) is 0.378. The van der Waals surface area contributed by atoms with Crippen LogP contribution in [0.5, 0.6) is 5.75 Å². The Balaban J connectivity index is 1.66. The molecule has 3 aromatic carbocycles. The molecule has 0 saturated heterocycles. The molecule has 0 aliphatic heterocycles. The van der Waals surface area contributed by atoms with Crippen molar-refractivity contribution in [3.63, 3.8) is 0 Å². The predicted molar refractivity (Wildman–Crippen MR) is 128 cm³/mol. The fraction of sp³-hybridized carbons (Fsp3) is 0.0385. The highest BCUT2D eigenvalue weighted by molar-refractivity contribution is 6.30. The molecule has 2 N–H and O–H groups in total. The lowest BCUT2D eigenvalue weighted by Gasteiger charge is -2.14. The van der Waals surface area contributed by atoms with Crippen LogP contribution < -0.4 is 10.5 Å². The van der Waals surface area contributed by atoms with Crippen molar-refractivity contribution in [2.45, 2.75) is 6.61 Å². The molecule has 7 heteroatoms. The van der Waals surface area contributed by atoms with E-state index in [1.165, 1.54) is 0 Å². The van der Waals surface area contributed by atoms with Gasteiger partial charge in [0.25, 0.3) is 0 Å². The molecule has 33 heavy (non-hydrogen) atoms. The minimum absolute atomic E-state index is 0.217. The zero-order valence-electron chi connectivity index (χ0n) is 17.3. The average molecular weight is 450 g/mol. The van der Waals surface area contributed by atoms with E-state index in [0.717, 1.165) is 11.1 Å². The summed E-state index contributed by atoms with van der Waals surface area (Å²) in [6.45, 7) is 0.326. The second-order valence-corrected chi connectivity index (χ2v) is 7.88. The van der Waals surface area contributed by atoms with Gasteiger partial charge in [0, 0.05) is 10.6 Å². The van der Waals surface area contributed by atoms with E-state index in [2.05, 4.69) is 17.1 Å². The second kappa shape index (κ2) is 8.20. The van der Waals surface area contributed by atoms with Crippen LogP contribution in [0.1, 0.15) is 16.7 Å². The largest absolute Gasteiger partial charge is 0.489 e. The monoisotopic (exact) mass is 449 g/mol. The molecule has 2 heterocycles. The van der Waals surface area contributed by atoms with Gasteiger partial charge in [-0.15, -0.1) is 0 Å². The first kappa shape index (κ1) is 20.4. The molecule has 0 spiro atoms. The van der Waals surface area contributed by atoms with Crippen molar-refractivity contribution in [3.05, 3.63) is 94.5 Å². The summed E-state index contributed by atoms with van der Waals surface area (Å²) in [5.74, 6) is 0.827. The smallest absolute Gasteiger partial charge is 0.158 e. The fourth-order valence-electron chi connectivity index (χ4n) is 3.96. The molecule has 0 aliphatic carbocycles. The zero-order chi connectivity index (χ0) is 22.9. The molecule has 5 rings (SSSR count). The van der Waals surface area contributed by atoms with Gasteiger partial charge in [-0.3, -0.25) is 4.40 Å². The third kappa shape index (κ3) is 3.49. The number of anilines is 1. The van der Waals surface area contributed by atoms with E-state index >= 15 is 0 Å². The van der Waals surface area contributed by atoms with Gasteiger partial charge in [-0.1, -0.05) is 48.0 Å². The third-order valence-electron chi connectivity index (χ3n) is 5.42. The lowest BCUT2D eigenvalue weighted by atomic mass is 9.96. The van der Waals surface area contributed by atoms with E-state index in [1.807, 2.05) is 60.7 Å². The van der Waals surface area contributed by atoms with Gasteiger partial charge in [0.1, 0.15) is 41.4 Å². The average Bonchev–Trinajstić information content (AvgIpc) is 3.23. The van der Waals surface area contributed by atoms with Crippen LogP contribution in [0, 0.1) is 22.7 Å². The minimum Gasteiger partial charge on any atom is -0.489 e. The lowest BCUT2D eigenvalue weighted by Crippen LogP contribution is -2.06. The number of pyridine rings is 1. The summed E-state index contributed by atoms with van der Waals surface area (Å²) < 4.78 is 7.61. The number of ether oxygens (including phenoxy) is 1. The van der Waals surface area contributed by atoms with Gasteiger partial charge in [-0.2, -0.15) is 10.5 Å². The van der Waals surface area contributed by atoms with Crippen molar-refractivity contribution in [1.82, 2.24) is 9.38 Å². The van der Waals surface area contributed by atoms with Crippen molar-refractivity contribution in [2.75, 3.05) is 5.73 Å². The SMILES string of the molecule is N#Cc1c(-c2cccc(OCc3cccc(Cl)c3)c2)c(C#N)c2nc3ccccc3n2c1N. The number of hydrogen-bond acceptors (Lipinski definition) is 5. The van der Waals surface area contributed by atoms with Crippen molar-refractivity contribution in [1.29, 1.82) is 10.5 Å². The molecule has 0 bridgehead atoms. The third-order valence-corrected chi connectivity index (χ3v) is 5.66. The number of fused-ring (bicyclic) bond motifs is 3. The van der Waals surface area contributed by atoms with Crippen LogP contribution >= 0.6 is 11.6 Å². The predicted octanol–water partition coefficient (Wildman–Crippen LogP) is 5.71. The number of halogens is 1. The molecule has 0 atom stereocenters. The Morgan fingerprint density at radius 3 is 2.52 bits per heavy atom. The normalized spacial score (nSPS) is 10.8. The molecule has 0 amide bonds. The first-order valence-electron chi connectivity index (χ1n) is 10.1. The Bertz CT molecular complexity index is 1620. The number of nitrogens with two attached hydrogens (primary N) is 1. The number of para-hydroxylation sites is 2. The Morgan fingerprint density at radius 2 is 1.73 bits per heavy atom. The van der Waals surface area contributed by atoms with Crippen molar-refractivity contribution >= 4 is 34.1 Å². The van der Waals surface area contributed by atoms with E-state index in [4.69, 9.17) is 22.1 Å². The van der Waals surface area contributed by atoms with Crippen LogP contribution in [0.3, 0.4) is 0 Å². The number of aromatic nitrogens is 2. The van der Waals surface area contributed by atoms with Gasteiger partial charge in [0.05, 0.1) is 11.0 Å². The van der Waals surface area contributed by atoms with E-state index < -0.39 is 0 Å². The molecule has 0 aliphatic rings. The summed E-state index contributed by atoms with van der Waals surface area (Å²) in [7, 11) is 0. The molecule has 0 saturated carbocycles. The van der Waals surface area contributed by atoms with Crippen LogP contribution in [0.15, 0.2) is 72.8 Å². The summed E-state index contributed by atoms with van der Waals surface area (Å²) in [6, 6.07) is 26.5. The number of benzene rings is 3. The van der Waals surface area contributed by atoms with Gasteiger partial charge < -0.3 is 10.5 Å².